The lowest BCUT2D eigenvalue weighted by Crippen LogP contribution is -2.20. The number of para-hydroxylation sites is 1. The minimum absolute atomic E-state index is 0.0554. The number of rotatable bonds is 7. The van der Waals surface area contributed by atoms with Crippen molar-refractivity contribution in [3.63, 3.8) is 0 Å². The summed E-state index contributed by atoms with van der Waals surface area (Å²) in [4.78, 5) is 31.2. The van der Waals surface area contributed by atoms with Gasteiger partial charge in [0.2, 0.25) is 0 Å². The first-order valence-electron chi connectivity index (χ1n) is 9.38. The molecular formula is C21H25N3O2S. The molecule has 0 unspecified atom stereocenters. The number of aryl methyl sites for hydroxylation is 3. The van der Waals surface area contributed by atoms with Gasteiger partial charge in [-0.2, -0.15) is 0 Å². The van der Waals surface area contributed by atoms with Crippen LogP contribution in [0.1, 0.15) is 53.4 Å². The van der Waals surface area contributed by atoms with Gasteiger partial charge in [0, 0.05) is 12.2 Å². The van der Waals surface area contributed by atoms with E-state index in [0.29, 0.717) is 27.2 Å². The Kier molecular flexibility index (Phi) is 6.06. The van der Waals surface area contributed by atoms with Crippen LogP contribution in [-0.4, -0.2) is 15.5 Å². The van der Waals surface area contributed by atoms with Gasteiger partial charge in [0.15, 0.2) is 0 Å². The van der Waals surface area contributed by atoms with Crippen LogP contribution in [0.4, 0.5) is 5.69 Å². The molecule has 0 aliphatic carbocycles. The van der Waals surface area contributed by atoms with Gasteiger partial charge < -0.3 is 5.32 Å². The monoisotopic (exact) mass is 383 g/mol. The second kappa shape index (κ2) is 8.48. The predicted octanol–water partition coefficient (Wildman–Crippen LogP) is 4.91. The van der Waals surface area contributed by atoms with Gasteiger partial charge in [0.05, 0.1) is 16.6 Å². The quantitative estimate of drug-likeness (QED) is 0.590. The summed E-state index contributed by atoms with van der Waals surface area (Å²) in [5.74, 6) is -0.196. The lowest BCUT2D eigenvalue weighted by molar-refractivity contribution is 0.103. The van der Waals surface area contributed by atoms with E-state index in [4.69, 9.17) is 0 Å². The summed E-state index contributed by atoms with van der Waals surface area (Å²) in [7, 11) is 0. The van der Waals surface area contributed by atoms with Crippen molar-refractivity contribution in [2.75, 3.05) is 5.32 Å². The largest absolute Gasteiger partial charge is 0.321 e. The third-order valence-corrected chi connectivity index (χ3v) is 5.97. The van der Waals surface area contributed by atoms with Gasteiger partial charge in [-0.15, -0.1) is 11.3 Å². The van der Waals surface area contributed by atoms with E-state index in [1.54, 1.807) is 10.9 Å². The highest BCUT2D eigenvalue weighted by Crippen LogP contribution is 2.28. The van der Waals surface area contributed by atoms with Crippen LogP contribution in [0.5, 0.6) is 0 Å². The molecule has 1 N–H and O–H groups in total. The fraction of sp³-hybridized carbons (Fsp3) is 0.381. The molecule has 0 saturated heterocycles. The Morgan fingerprint density at radius 1 is 1.19 bits per heavy atom. The van der Waals surface area contributed by atoms with E-state index in [1.165, 1.54) is 17.8 Å². The smallest absolute Gasteiger partial charge is 0.266 e. The number of nitrogens with zero attached hydrogens (tertiary/aromatic N) is 2. The Balaban J connectivity index is 1.88. The van der Waals surface area contributed by atoms with Gasteiger partial charge in [0.1, 0.15) is 4.83 Å². The molecule has 1 amide bonds. The summed E-state index contributed by atoms with van der Waals surface area (Å²) >= 11 is 1.28. The van der Waals surface area contributed by atoms with Crippen molar-refractivity contribution in [1.82, 2.24) is 9.55 Å². The molecule has 142 valence electrons. The molecule has 0 radical (unpaired) electrons. The predicted molar refractivity (Wildman–Crippen MR) is 112 cm³/mol. The molecule has 0 atom stereocenters. The Morgan fingerprint density at radius 2 is 1.96 bits per heavy atom. The van der Waals surface area contributed by atoms with Crippen LogP contribution in [-0.2, 0) is 6.54 Å². The summed E-state index contributed by atoms with van der Waals surface area (Å²) in [5.41, 5.74) is 2.43. The van der Waals surface area contributed by atoms with Crippen molar-refractivity contribution in [3.8, 4) is 0 Å². The van der Waals surface area contributed by atoms with Crippen LogP contribution in [0, 0.1) is 13.8 Å². The zero-order valence-electron chi connectivity index (χ0n) is 16.0. The molecule has 0 saturated carbocycles. The third kappa shape index (κ3) is 4.11. The molecule has 27 heavy (non-hydrogen) atoms. The maximum atomic E-state index is 12.9. The highest BCUT2D eigenvalue weighted by atomic mass is 32.1. The van der Waals surface area contributed by atoms with Crippen molar-refractivity contribution in [3.05, 3.63) is 57.0 Å². The average Bonchev–Trinajstić information content (AvgIpc) is 3.00. The van der Waals surface area contributed by atoms with Gasteiger partial charge in [0.25, 0.3) is 11.5 Å². The highest BCUT2D eigenvalue weighted by molar-refractivity contribution is 7.20. The van der Waals surface area contributed by atoms with Crippen LogP contribution in [0.25, 0.3) is 10.2 Å². The zero-order chi connectivity index (χ0) is 19.4. The first-order chi connectivity index (χ1) is 13.0. The van der Waals surface area contributed by atoms with E-state index < -0.39 is 0 Å². The zero-order valence-corrected chi connectivity index (χ0v) is 16.9. The second-order valence-corrected chi connectivity index (χ2v) is 7.81. The third-order valence-electron chi connectivity index (χ3n) is 4.77. The van der Waals surface area contributed by atoms with Crippen molar-refractivity contribution < 1.29 is 4.79 Å². The number of benzene rings is 1. The summed E-state index contributed by atoms with van der Waals surface area (Å²) in [6.07, 6.45) is 6.01. The molecule has 5 nitrogen and oxygen atoms in total. The van der Waals surface area contributed by atoms with E-state index in [-0.39, 0.29) is 11.5 Å². The van der Waals surface area contributed by atoms with Gasteiger partial charge in [-0.1, -0.05) is 44.4 Å². The van der Waals surface area contributed by atoms with Crippen molar-refractivity contribution in [2.24, 2.45) is 0 Å². The molecule has 3 rings (SSSR count). The number of carbonyl (C=O) groups excluding carboxylic acids is 1. The molecular weight excluding hydrogens is 358 g/mol. The number of fused-ring (bicyclic) bond motifs is 1. The first-order valence-corrected chi connectivity index (χ1v) is 10.2. The SMILES string of the molecule is CCCCCCn1cnc2sc(C(=O)Nc3ccccc3C)c(C)c2c1=O. The van der Waals surface area contributed by atoms with Gasteiger partial charge in [-0.05, 0) is 37.5 Å². The maximum Gasteiger partial charge on any atom is 0.266 e. The number of unbranched alkanes of at least 4 members (excludes halogenated alkanes) is 3. The number of hydrogen-bond donors (Lipinski definition) is 1. The average molecular weight is 384 g/mol. The number of anilines is 1. The molecule has 0 aliphatic rings. The molecule has 2 aromatic heterocycles. The fourth-order valence-electron chi connectivity index (χ4n) is 3.14. The molecule has 6 heteroatoms. The molecule has 0 spiro atoms. The standard InChI is InChI=1S/C21H25N3O2S/c1-4-5-6-9-12-24-13-22-20-17(21(24)26)15(3)18(27-20)19(25)23-16-11-8-7-10-14(16)2/h7-8,10-11,13H,4-6,9,12H2,1-3H3,(H,23,25). The Bertz CT molecular complexity index is 1020. The first kappa shape index (κ1) is 19.3. The van der Waals surface area contributed by atoms with Crippen LogP contribution < -0.4 is 10.9 Å². The van der Waals surface area contributed by atoms with E-state index >= 15 is 0 Å². The molecule has 0 bridgehead atoms. The maximum absolute atomic E-state index is 12.9. The van der Waals surface area contributed by atoms with Crippen LogP contribution in [0.2, 0.25) is 0 Å². The fourth-order valence-corrected chi connectivity index (χ4v) is 4.17. The van der Waals surface area contributed by atoms with E-state index in [9.17, 15) is 9.59 Å². The summed E-state index contributed by atoms with van der Waals surface area (Å²) in [6.45, 7) is 6.61. The number of nitrogens with one attached hydrogen (secondary N) is 1. The number of hydrogen-bond acceptors (Lipinski definition) is 4. The Hall–Kier alpha value is -2.47. The van der Waals surface area contributed by atoms with Crippen LogP contribution >= 0.6 is 11.3 Å². The van der Waals surface area contributed by atoms with Crippen LogP contribution in [0.3, 0.4) is 0 Å². The van der Waals surface area contributed by atoms with Crippen molar-refractivity contribution >= 4 is 33.1 Å². The topological polar surface area (TPSA) is 64.0 Å². The molecule has 3 aromatic rings. The lowest BCUT2D eigenvalue weighted by atomic mass is 10.1. The summed E-state index contributed by atoms with van der Waals surface area (Å²) in [5, 5.41) is 3.51. The molecule has 0 fully saturated rings. The normalized spacial score (nSPS) is 11.1. The minimum atomic E-state index is -0.196. The second-order valence-electron chi connectivity index (χ2n) is 6.81. The van der Waals surface area contributed by atoms with Crippen LogP contribution in [0.15, 0.2) is 35.4 Å². The van der Waals surface area contributed by atoms with Crippen molar-refractivity contribution in [1.29, 1.82) is 0 Å². The van der Waals surface area contributed by atoms with E-state index in [1.807, 2.05) is 38.1 Å². The Labute approximate surface area is 163 Å². The van der Waals surface area contributed by atoms with Gasteiger partial charge >= 0.3 is 0 Å². The minimum Gasteiger partial charge on any atom is -0.321 e. The number of carbonyl (C=O) groups is 1. The number of thiophene rings is 1. The molecule has 2 heterocycles. The number of amides is 1. The van der Waals surface area contributed by atoms with Crippen molar-refractivity contribution in [2.45, 2.75) is 53.0 Å². The lowest BCUT2D eigenvalue weighted by Gasteiger charge is -2.07. The van der Waals surface area contributed by atoms with Gasteiger partial charge in [-0.3, -0.25) is 14.2 Å². The molecule has 0 aliphatic heterocycles. The van der Waals surface area contributed by atoms with E-state index in [0.717, 1.165) is 30.5 Å². The van der Waals surface area contributed by atoms with Gasteiger partial charge in [-0.25, -0.2) is 4.98 Å². The highest BCUT2D eigenvalue weighted by Gasteiger charge is 2.19. The summed E-state index contributed by atoms with van der Waals surface area (Å²) < 4.78 is 1.67. The van der Waals surface area contributed by atoms with E-state index in [2.05, 4.69) is 17.2 Å². The number of aromatic nitrogens is 2. The molecule has 1 aromatic carbocycles. The Morgan fingerprint density at radius 3 is 2.70 bits per heavy atom. The summed E-state index contributed by atoms with van der Waals surface area (Å²) in [6, 6.07) is 7.64.